The molecule has 1 aromatic rings. The molecule has 0 bridgehead atoms. The molecule has 0 aromatic carbocycles. The number of urea groups is 1. The Balaban J connectivity index is 1.81. The van der Waals surface area contributed by atoms with Crippen molar-refractivity contribution < 1.29 is 4.79 Å². The second-order valence-corrected chi connectivity index (χ2v) is 4.54. The summed E-state index contributed by atoms with van der Waals surface area (Å²) in [6.45, 7) is 1.52. The molecule has 1 aromatic heterocycles. The molecule has 4 nitrogen and oxygen atoms in total. The molecule has 1 saturated heterocycles. The SMILES string of the molecule is NC(=O)N1CCC(Nc2ccsc2)CC1. The maximum absolute atomic E-state index is 10.9. The fourth-order valence-electron chi connectivity index (χ4n) is 1.83. The summed E-state index contributed by atoms with van der Waals surface area (Å²) in [6, 6.07) is 2.24. The standard InChI is InChI=1S/C10H15N3OS/c11-10(14)13-4-1-8(2-5-13)12-9-3-6-15-7-9/h3,6-8,12H,1-2,4-5H2,(H2,11,14). The molecule has 82 valence electrons. The molecule has 0 unspecified atom stereocenters. The third-order valence-electron chi connectivity index (χ3n) is 2.70. The van der Waals surface area contributed by atoms with Gasteiger partial charge in [-0.05, 0) is 24.3 Å². The molecular weight excluding hydrogens is 210 g/mol. The maximum atomic E-state index is 10.9. The summed E-state index contributed by atoms with van der Waals surface area (Å²) >= 11 is 1.69. The Morgan fingerprint density at radius 2 is 2.27 bits per heavy atom. The third-order valence-corrected chi connectivity index (χ3v) is 3.38. The number of nitrogens with two attached hydrogens (primary N) is 1. The second-order valence-electron chi connectivity index (χ2n) is 3.76. The number of nitrogens with one attached hydrogen (secondary N) is 1. The zero-order valence-electron chi connectivity index (χ0n) is 8.48. The molecule has 0 atom stereocenters. The fraction of sp³-hybridized carbons (Fsp3) is 0.500. The Kier molecular flexibility index (Phi) is 3.11. The van der Waals surface area contributed by atoms with E-state index in [0.29, 0.717) is 6.04 Å². The predicted molar refractivity (Wildman–Crippen MR) is 62.1 cm³/mol. The normalized spacial score (nSPS) is 17.7. The first kappa shape index (κ1) is 10.3. The summed E-state index contributed by atoms with van der Waals surface area (Å²) in [5.74, 6) is 0. The van der Waals surface area contributed by atoms with Gasteiger partial charge in [0.15, 0.2) is 0 Å². The van der Waals surface area contributed by atoms with E-state index in [1.807, 2.05) is 0 Å². The fourth-order valence-corrected chi connectivity index (χ4v) is 2.42. The first-order chi connectivity index (χ1) is 7.25. The van der Waals surface area contributed by atoms with Crippen molar-refractivity contribution in [2.24, 2.45) is 5.73 Å². The molecule has 0 saturated carbocycles. The van der Waals surface area contributed by atoms with E-state index in [-0.39, 0.29) is 6.03 Å². The lowest BCUT2D eigenvalue weighted by Crippen LogP contribution is -2.44. The summed E-state index contributed by atoms with van der Waals surface area (Å²) in [7, 11) is 0. The van der Waals surface area contributed by atoms with Crippen molar-refractivity contribution in [3.8, 4) is 0 Å². The molecule has 0 radical (unpaired) electrons. The van der Waals surface area contributed by atoms with Gasteiger partial charge in [0.05, 0.1) is 0 Å². The number of primary amides is 1. The van der Waals surface area contributed by atoms with Crippen molar-refractivity contribution >= 4 is 23.1 Å². The van der Waals surface area contributed by atoms with E-state index in [1.165, 1.54) is 5.69 Å². The van der Waals surface area contributed by atoms with Crippen LogP contribution in [0.4, 0.5) is 10.5 Å². The van der Waals surface area contributed by atoms with Gasteiger partial charge in [0.2, 0.25) is 0 Å². The van der Waals surface area contributed by atoms with Crippen LogP contribution in [0.5, 0.6) is 0 Å². The number of anilines is 1. The number of nitrogens with zero attached hydrogens (tertiary/aromatic N) is 1. The number of carbonyl (C=O) groups excluding carboxylic acids is 1. The lowest BCUT2D eigenvalue weighted by Gasteiger charge is -2.31. The van der Waals surface area contributed by atoms with Crippen LogP contribution in [0.25, 0.3) is 0 Å². The molecule has 2 heterocycles. The Bertz CT molecular complexity index is 317. The lowest BCUT2D eigenvalue weighted by molar-refractivity contribution is 0.193. The first-order valence-electron chi connectivity index (χ1n) is 5.09. The average molecular weight is 225 g/mol. The van der Waals surface area contributed by atoms with E-state index in [0.717, 1.165) is 25.9 Å². The van der Waals surface area contributed by atoms with Crippen LogP contribution in [-0.4, -0.2) is 30.1 Å². The minimum Gasteiger partial charge on any atom is -0.382 e. The Morgan fingerprint density at radius 1 is 1.53 bits per heavy atom. The molecule has 0 aliphatic carbocycles. The summed E-state index contributed by atoms with van der Waals surface area (Å²) < 4.78 is 0. The number of hydrogen-bond acceptors (Lipinski definition) is 3. The van der Waals surface area contributed by atoms with Gasteiger partial charge in [-0.1, -0.05) is 0 Å². The molecule has 2 rings (SSSR count). The quantitative estimate of drug-likeness (QED) is 0.805. The molecule has 3 N–H and O–H groups in total. The number of likely N-dealkylation sites (tertiary alicyclic amines) is 1. The van der Waals surface area contributed by atoms with Gasteiger partial charge in [-0.25, -0.2) is 4.79 Å². The van der Waals surface area contributed by atoms with E-state index in [1.54, 1.807) is 16.2 Å². The molecule has 1 aliphatic heterocycles. The summed E-state index contributed by atoms with van der Waals surface area (Å²) in [5.41, 5.74) is 6.40. The molecule has 5 heteroatoms. The molecule has 1 fully saturated rings. The zero-order chi connectivity index (χ0) is 10.7. The van der Waals surface area contributed by atoms with Crippen LogP contribution in [0.15, 0.2) is 16.8 Å². The van der Waals surface area contributed by atoms with E-state index in [4.69, 9.17) is 5.73 Å². The van der Waals surface area contributed by atoms with Gasteiger partial charge in [-0.15, -0.1) is 0 Å². The lowest BCUT2D eigenvalue weighted by atomic mass is 10.1. The summed E-state index contributed by atoms with van der Waals surface area (Å²) in [5, 5.41) is 7.61. The van der Waals surface area contributed by atoms with Crippen LogP contribution < -0.4 is 11.1 Å². The van der Waals surface area contributed by atoms with E-state index < -0.39 is 0 Å². The van der Waals surface area contributed by atoms with Crippen LogP contribution >= 0.6 is 11.3 Å². The molecule has 15 heavy (non-hydrogen) atoms. The van der Waals surface area contributed by atoms with Gasteiger partial charge in [-0.3, -0.25) is 0 Å². The topological polar surface area (TPSA) is 58.4 Å². The van der Waals surface area contributed by atoms with E-state index >= 15 is 0 Å². The Labute approximate surface area is 93.1 Å². The van der Waals surface area contributed by atoms with Crippen LogP contribution in [0.2, 0.25) is 0 Å². The number of amides is 2. The summed E-state index contributed by atoms with van der Waals surface area (Å²) in [4.78, 5) is 12.6. The highest BCUT2D eigenvalue weighted by Crippen LogP contribution is 2.18. The van der Waals surface area contributed by atoms with Crippen LogP contribution in [0, 0.1) is 0 Å². The Morgan fingerprint density at radius 3 is 2.80 bits per heavy atom. The smallest absolute Gasteiger partial charge is 0.314 e. The Hall–Kier alpha value is -1.23. The van der Waals surface area contributed by atoms with Crippen LogP contribution in [-0.2, 0) is 0 Å². The average Bonchev–Trinajstić information content (AvgIpc) is 2.71. The molecule has 0 spiro atoms. The molecule has 1 aliphatic rings. The number of carbonyl (C=O) groups is 1. The van der Waals surface area contributed by atoms with Gasteiger partial charge >= 0.3 is 6.03 Å². The number of rotatable bonds is 2. The third kappa shape index (κ3) is 2.62. The number of thiophene rings is 1. The predicted octanol–water partition coefficient (Wildman–Crippen LogP) is 1.70. The molecular formula is C10H15N3OS. The van der Waals surface area contributed by atoms with Crippen molar-refractivity contribution in [3.05, 3.63) is 16.8 Å². The number of hydrogen-bond donors (Lipinski definition) is 2. The highest BCUT2D eigenvalue weighted by Gasteiger charge is 2.20. The van der Waals surface area contributed by atoms with Crippen molar-refractivity contribution in [1.82, 2.24) is 4.90 Å². The minimum absolute atomic E-state index is 0.302. The van der Waals surface area contributed by atoms with Crippen LogP contribution in [0.3, 0.4) is 0 Å². The second kappa shape index (κ2) is 4.53. The van der Waals surface area contributed by atoms with Gasteiger partial charge in [0.1, 0.15) is 0 Å². The van der Waals surface area contributed by atoms with Crippen molar-refractivity contribution in [2.45, 2.75) is 18.9 Å². The van der Waals surface area contributed by atoms with Crippen molar-refractivity contribution in [1.29, 1.82) is 0 Å². The summed E-state index contributed by atoms with van der Waals surface area (Å²) in [6.07, 6.45) is 1.94. The maximum Gasteiger partial charge on any atom is 0.314 e. The molecule has 2 amide bonds. The monoisotopic (exact) mass is 225 g/mol. The van der Waals surface area contributed by atoms with E-state index in [2.05, 4.69) is 22.1 Å². The largest absolute Gasteiger partial charge is 0.382 e. The minimum atomic E-state index is -0.302. The van der Waals surface area contributed by atoms with Crippen molar-refractivity contribution in [2.75, 3.05) is 18.4 Å². The van der Waals surface area contributed by atoms with E-state index in [9.17, 15) is 4.79 Å². The van der Waals surface area contributed by atoms with Crippen molar-refractivity contribution in [3.63, 3.8) is 0 Å². The zero-order valence-corrected chi connectivity index (χ0v) is 9.30. The van der Waals surface area contributed by atoms with Gasteiger partial charge in [-0.2, -0.15) is 11.3 Å². The first-order valence-corrected chi connectivity index (χ1v) is 6.03. The van der Waals surface area contributed by atoms with Gasteiger partial charge in [0, 0.05) is 30.2 Å². The highest BCUT2D eigenvalue weighted by atomic mass is 32.1. The van der Waals surface area contributed by atoms with Gasteiger partial charge < -0.3 is 16.0 Å². The van der Waals surface area contributed by atoms with Crippen LogP contribution in [0.1, 0.15) is 12.8 Å². The number of piperidine rings is 1. The van der Waals surface area contributed by atoms with Gasteiger partial charge in [0.25, 0.3) is 0 Å². The highest BCUT2D eigenvalue weighted by molar-refractivity contribution is 7.08.